The van der Waals surface area contributed by atoms with Gasteiger partial charge in [-0.15, -0.1) is 0 Å². The Kier molecular flexibility index (Phi) is 5.37. The Balaban J connectivity index is 1.51. The van der Waals surface area contributed by atoms with Crippen molar-refractivity contribution in [1.82, 2.24) is 18.8 Å². The minimum absolute atomic E-state index is 0.0600. The molecule has 1 heterocycles. The monoisotopic (exact) mass is 376 g/mol. The van der Waals surface area contributed by atoms with Gasteiger partial charge in [-0.25, -0.2) is 13.1 Å². The van der Waals surface area contributed by atoms with Gasteiger partial charge in [-0.1, -0.05) is 30.3 Å². The molecule has 3 rings (SSSR count). The van der Waals surface area contributed by atoms with Gasteiger partial charge in [0, 0.05) is 6.54 Å². The predicted molar refractivity (Wildman–Crippen MR) is 95.8 cm³/mol. The second-order valence-corrected chi connectivity index (χ2v) is 7.62. The average molecular weight is 376 g/mol. The summed E-state index contributed by atoms with van der Waals surface area (Å²) < 4.78 is 34.9. The van der Waals surface area contributed by atoms with Crippen LogP contribution in [0.15, 0.2) is 53.4 Å². The minimum atomic E-state index is -3.78. The van der Waals surface area contributed by atoms with E-state index in [0.717, 1.165) is 17.3 Å². The van der Waals surface area contributed by atoms with Crippen LogP contribution in [-0.4, -0.2) is 36.2 Å². The first kappa shape index (κ1) is 17.5. The maximum absolute atomic E-state index is 12.3. The Morgan fingerprint density at radius 3 is 2.60 bits per heavy atom. The molecule has 0 radical (unpaired) electrons. The molecule has 0 saturated carbocycles. The summed E-state index contributed by atoms with van der Waals surface area (Å²) in [4.78, 5) is 11.9. The number of hydrogen-bond donors (Lipinski definition) is 2. The fourth-order valence-electron chi connectivity index (χ4n) is 2.23. The van der Waals surface area contributed by atoms with Crippen molar-refractivity contribution >= 4 is 38.7 Å². The molecule has 0 bridgehead atoms. The number of amides is 1. The van der Waals surface area contributed by atoms with Crippen molar-refractivity contribution in [3.05, 3.63) is 54.1 Å². The van der Waals surface area contributed by atoms with Crippen LogP contribution in [0.5, 0.6) is 0 Å². The van der Waals surface area contributed by atoms with Gasteiger partial charge in [0.05, 0.1) is 23.2 Å². The van der Waals surface area contributed by atoms with Crippen LogP contribution < -0.4 is 10.0 Å². The maximum Gasteiger partial charge on any atom is 0.241 e. The van der Waals surface area contributed by atoms with Crippen LogP contribution in [0.4, 0.5) is 0 Å². The van der Waals surface area contributed by atoms with Crippen LogP contribution in [-0.2, 0) is 21.2 Å². The zero-order valence-corrected chi connectivity index (χ0v) is 14.8. The lowest BCUT2D eigenvalue weighted by atomic mass is 10.1. The standard InChI is InChI=1S/C16H16N4O3S2/c21-16(17-9-8-12-4-2-1-3-5-12)11-18-25(22,23)13-6-7-14-15(10-13)20-24-19-14/h1-7,10,18H,8-9,11H2,(H,17,21). The number of nitrogens with one attached hydrogen (secondary N) is 2. The van der Waals surface area contributed by atoms with E-state index in [4.69, 9.17) is 0 Å². The number of carbonyl (C=O) groups is 1. The highest BCUT2D eigenvalue weighted by Gasteiger charge is 2.16. The summed E-state index contributed by atoms with van der Waals surface area (Å²) in [5.41, 5.74) is 2.26. The lowest BCUT2D eigenvalue weighted by Gasteiger charge is -2.08. The molecule has 7 nitrogen and oxygen atoms in total. The average Bonchev–Trinajstić information content (AvgIpc) is 3.09. The van der Waals surface area contributed by atoms with Gasteiger partial charge < -0.3 is 5.32 Å². The van der Waals surface area contributed by atoms with E-state index in [1.807, 2.05) is 30.3 Å². The molecular weight excluding hydrogens is 360 g/mol. The first-order chi connectivity index (χ1) is 12.0. The van der Waals surface area contributed by atoms with Crippen LogP contribution in [0.25, 0.3) is 11.0 Å². The molecule has 2 aromatic carbocycles. The normalized spacial score (nSPS) is 11.5. The molecule has 0 fully saturated rings. The molecule has 130 valence electrons. The summed E-state index contributed by atoms with van der Waals surface area (Å²) in [7, 11) is -3.78. The highest BCUT2D eigenvalue weighted by molar-refractivity contribution is 7.89. The van der Waals surface area contributed by atoms with Gasteiger partial charge in [0.25, 0.3) is 0 Å². The van der Waals surface area contributed by atoms with E-state index in [-0.39, 0.29) is 17.3 Å². The van der Waals surface area contributed by atoms with Crippen LogP contribution in [0.2, 0.25) is 0 Å². The minimum Gasteiger partial charge on any atom is -0.355 e. The molecule has 0 spiro atoms. The van der Waals surface area contributed by atoms with E-state index in [1.54, 1.807) is 6.07 Å². The van der Waals surface area contributed by atoms with E-state index in [2.05, 4.69) is 18.8 Å². The molecule has 3 aromatic rings. The largest absolute Gasteiger partial charge is 0.355 e. The van der Waals surface area contributed by atoms with Crippen molar-refractivity contribution in [2.75, 3.05) is 13.1 Å². The molecule has 0 aliphatic carbocycles. The zero-order valence-electron chi connectivity index (χ0n) is 13.2. The second-order valence-electron chi connectivity index (χ2n) is 5.32. The van der Waals surface area contributed by atoms with Crippen LogP contribution in [0.3, 0.4) is 0 Å². The SMILES string of the molecule is O=C(CNS(=O)(=O)c1ccc2nsnc2c1)NCCc1ccccc1. The number of sulfonamides is 1. The summed E-state index contributed by atoms with van der Waals surface area (Å²) in [6, 6.07) is 14.2. The number of benzene rings is 2. The van der Waals surface area contributed by atoms with Gasteiger partial charge in [0.1, 0.15) is 11.0 Å². The van der Waals surface area contributed by atoms with Crippen molar-refractivity contribution < 1.29 is 13.2 Å². The first-order valence-corrected chi connectivity index (χ1v) is 9.78. The summed E-state index contributed by atoms with van der Waals surface area (Å²) in [5, 5.41) is 2.69. The molecule has 0 saturated heterocycles. The Bertz CT molecular complexity index is 971. The Labute approximate surface area is 149 Å². The molecule has 0 aliphatic rings. The third-order valence-corrected chi connectivity index (χ3v) is 5.49. The van der Waals surface area contributed by atoms with E-state index in [1.165, 1.54) is 12.1 Å². The molecule has 1 amide bonds. The highest BCUT2D eigenvalue weighted by atomic mass is 32.2. The fourth-order valence-corrected chi connectivity index (χ4v) is 3.75. The fraction of sp³-hybridized carbons (Fsp3) is 0.188. The quantitative estimate of drug-likeness (QED) is 0.648. The maximum atomic E-state index is 12.3. The number of rotatable bonds is 7. The molecule has 2 N–H and O–H groups in total. The number of hydrogen-bond acceptors (Lipinski definition) is 6. The van der Waals surface area contributed by atoms with Crippen LogP contribution >= 0.6 is 11.7 Å². The summed E-state index contributed by atoms with van der Waals surface area (Å²) >= 11 is 1.02. The van der Waals surface area contributed by atoms with Gasteiger partial charge in [-0.2, -0.15) is 8.75 Å². The van der Waals surface area contributed by atoms with Gasteiger partial charge in [0.2, 0.25) is 15.9 Å². The van der Waals surface area contributed by atoms with Gasteiger partial charge >= 0.3 is 0 Å². The third-order valence-electron chi connectivity index (χ3n) is 3.54. The van der Waals surface area contributed by atoms with E-state index < -0.39 is 10.0 Å². The smallest absolute Gasteiger partial charge is 0.241 e. The van der Waals surface area contributed by atoms with E-state index >= 15 is 0 Å². The van der Waals surface area contributed by atoms with Crippen LogP contribution in [0.1, 0.15) is 5.56 Å². The van der Waals surface area contributed by atoms with E-state index in [9.17, 15) is 13.2 Å². The molecule has 0 atom stereocenters. The summed E-state index contributed by atoms with van der Waals surface area (Å²) in [6.45, 7) is 0.130. The van der Waals surface area contributed by atoms with Crippen molar-refractivity contribution in [2.24, 2.45) is 0 Å². The molecular formula is C16H16N4O3S2. The van der Waals surface area contributed by atoms with Crippen molar-refractivity contribution in [2.45, 2.75) is 11.3 Å². The number of fused-ring (bicyclic) bond motifs is 1. The lowest BCUT2D eigenvalue weighted by molar-refractivity contribution is -0.119. The Morgan fingerprint density at radius 2 is 1.80 bits per heavy atom. The predicted octanol–water partition coefficient (Wildman–Crippen LogP) is 1.33. The van der Waals surface area contributed by atoms with Crippen molar-refractivity contribution in [1.29, 1.82) is 0 Å². The van der Waals surface area contributed by atoms with Gasteiger partial charge in [0.15, 0.2) is 0 Å². The molecule has 0 unspecified atom stereocenters. The second kappa shape index (κ2) is 7.68. The number of aromatic nitrogens is 2. The first-order valence-electron chi connectivity index (χ1n) is 7.57. The number of nitrogens with zero attached hydrogens (tertiary/aromatic N) is 2. The van der Waals surface area contributed by atoms with Gasteiger partial charge in [-0.3, -0.25) is 4.79 Å². The molecule has 1 aromatic heterocycles. The third kappa shape index (κ3) is 4.59. The van der Waals surface area contributed by atoms with E-state index in [0.29, 0.717) is 24.0 Å². The van der Waals surface area contributed by atoms with Crippen molar-refractivity contribution in [3.8, 4) is 0 Å². The lowest BCUT2D eigenvalue weighted by Crippen LogP contribution is -2.37. The topological polar surface area (TPSA) is 101 Å². The van der Waals surface area contributed by atoms with Gasteiger partial charge in [-0.05, 0) is 30.2 Å². The number of carbonyl (C=O) groups excluding carboxylic acids is 1. The Hall–Kier alpha value is -2.36. The summed E-state index contributed by atoms with van der Waals surface area (Å²) in [6.07, 6.45) is 0.687. The molecule has 0 aliphatic heterocycles. The molecule has 25 heavy (non-hydrogen) atoms. The molecule has 9 heteroatoms. The highest BCUT2D eigenvalue weighted by Crippen LogP contribution is 2.16. The van der Waals surface area contributed by atoms with Crippen LogP contribution in [0, 0.1) is 0 Å². The van der Waals surface area contributed by atoms with Crippen molar-refractivity contribution in [3.63, 3.8) is 0 Å². The summed E-state index contributed by atoms with van der Waals surface area (Å²) in [5.74, 6) is -0.379. The zero-order chi connectivity index (χ0) is 17.7. The Morgan fingerprint density at radius 1 is 1.04 bits per heavy atom.